The molecule has 0 radical (unpaired) electrons. The highest BCUT2D eigenvalue weighted by Crippen LogP contribution is 2.10. The molecule has 8 heteroatoms. The van der Waals surface area contributed by atoms with E-state index in [1.165, 1.54) is 23.2 Å². The summed E-state index contributed by atoms with van der Waals surface area (Å²) < 4.78 is 1.50. The lowest BCUT2D eigenvalue weighted by molar-refractivity contribution is 1.01. The maximum Gasteiger partial charge on any atom is 0.327 e. The van der Waals surface area contributed by atoms with Crippen molar-refractivity contribution in [3.8, 4) is 5.69 Å². The topological polar surface area (TPSA) is 116 Å². The summed E-state index contributed by atoms with van der Waals surface area (Å²) in [5, 5.41) is 0. The van der Waals surface area contributed by atoms with E-state index < -0.39 is 11.2 Å². The number of hydrogen-bond acceptors (Lipinski definition) is 4. The zero-order valence-corrected chi connectivity index (χ0v) is 8.93. The molecule has 3 heterocycles. The molecule has 3 N–H and O–H groups in total. The van der Waals surface area contributed by atoms with E-state index in [1.807, 2.05) is 0 Å². The van der Waals surface area contributed by atoms with Crippen LogP contribution in [0.15, 0.2) is 39.0 Å². The van der Waals surface area contributed by atoms with Crippen molar-refractivity contribution < 1.29 is 0 Å². The maximum atomic E-state index is 11.5. The van der Waals surface area contributed by atoms with Gasteiger partial charge in [0.2, 0.25) is 5.56 Å². The molecule has 0 aliphatic rings. The third-order valence-corrected chi connectivity index (χ3v) is 2.49. The molecule has 0 amide bonds. The highest BCUT2D eigenvalue weighted by Gasteiger charge is 2.09. The number of hydrogen-bond donors (Lipinski definition) is 3. The largest absolute Gasteiger partial charge is 0.327 e. The first-order chi connectivity index (χ1) is 8.65. The van der Waals surface area contributed by atoms with Crippen LogP contribution in [0.2, 0.25) is 0 Å². The number of H-pyrrole nitrogens is 3. The van der Waals surface area contributed by atoms with E-state index in [0.29, 0.717) is 5.69 Å². The van der Waals surface area contributed by atoms with Gasteiger partial charge in [0.25, 0.3) is 5.56 Å². The molecule has 3 aromatic rings. The molecule has 3 aromatic heterocycles. The third-order valence-electron chi connectivity index (χ3n) is 2.49. The van der Waals surface area contributed by atoms with Gasteiger partial charge >= 0.3 is 5.69 Å². The van der Waals surface area contributed by atoms with Gasteiger partial charge < -0.3 is 4.98 Å². The van der Waals surface area contributed by atoms with Gasteiger partial charge in [-0.05, 0) is 6.07 Å². The van der Waals surface area contributed by atoms with Gasteiger partial charge in [0.05, 0.1) is 5.69 Å². The summed E-state index contributed by atoms with van der Waals surface area (Å²) in [5.74, 6) is 0. The molecule has 0 spiro atoms. The Morgan fingerprint density at radius 1 is 1.11 bits per heavy atom. The Balaban J connectivity index is 2.37. The second kappa shape index (κ2) is 3.55. The van der Waals surface area contributed by atoms with Gasteiger partial charge in [-0.3, -0.25) is 24.1 Å². The Morgan fingerprint density at radius 2 is 1.94 bits per heavy atom. The smallest absolute Gasteiger partial charge is 0.327 e. The summed E-state index contributed by atoms with van der Waals surface area (Å²) in [5.41, 5.74) is -0.431. The van der Waals surface area contributed by atoms with Gasteiger partial charge in [0.1, 0.15) is 6.33 Å². The van der Waals surface area contributed by atoms with Crippen LogP contribution in [-0.2, 0) is 0 Å². The van der Waals surface area contributed by atoms with E-state index in [2.05, 4.69) is 19.9 Å². The minimum Gasteiger partial charge on any atom is -0.327 e. The molecule has 3 rings (SSSR count). The molecule has 18 heavy (non-hydrogen) atoms. The summed E-state index contributed by atoms with van der Waals surface area (Å²) >= 11 is 0. The third kappa shape index (κ3) is 1.47. The summed E-state index contributed by atoms with van der Waals surface area (Å²) in [6.07, 6.45) is 2.85. The molecular formula is C10H7N5O3. The van der Waals surface area contributed by atoms with Crippen molar-refractivity contribution in [3.63, 3.8) is 0 Å². The van der Waals surface area contributed by atoms with Crippen LogP contribution in [-0.4, -0.2) is 24.5 Å². The van der Waals surface area contributed by atoms with Gasteiger partial charge in [-0.1, -0.05) is 0 Å². The second-order valence-corrected chi connectivity index (χ2v) is 3.63. The quantitative estimate of drug-likeness (QED) is 0.514. The monoisotopic (exact) mass is 245 g/mol. The molecule has 0 aliphatic heterocycles. The van der Waals surface area contributed by atoms with Crippen molar-refractivity contribution in [2.45, 2.75) is 0 Å². The minimum absolute atomic E-state index is 0.126. The molecule has 0 saturated heterocycles. The summed E-state index contributed by atoms with van der Waals surface area (Å²) in [6, 6.07) is 2.89. The average molecular weight is 245 g/mol. The van der Waals surface area contributed by atoms with Crippen LogP contribution in [0.5, 0.6) is 0 Å². The van der Waals surface area contributed by atoms with Gasteiger partial charge in [0, 0.05) is 12.3 Å². The minimum atomic E-state index is -0.612. The molecule has 0 fully saturated rings. The predicted molar refractivity (Wildman–Crippen MR) is 62.9 cm³/mol. The van der Waals surface area contributed by atoms with Crippen LogP contribution in [0.4, 0.5) is 0 Å². The van der Waals surface area contributed by atoms with Crippen molar-refractivity contribution >= 4 is 11.2 Å². The summed E-state index contributed by atoms with van der Waals surface area (Å²) in [4.78, 5) is 44.7. The van der Waals surface area contributed by atoms with E-state index in [-0.39, 0.29) is 16.7 Å². The lowest BCUT2D eigenvalue weighted by Gasteiger charge is -2.01. The molecule has 0 aromatic carbocycles. The van der Waals surface area contributed by atoms with Crippen molar-refractivity contribution in [1.82, 2.24) is 24.5 Å². The molecule has 0 aliphatic carbocycles. The first-order valence-electron chi connectivity index (χ1n) is 5.04. The van der Waals surface area contributed by atoms with Crippen LogP contribution >= 0.6 is 0 Å². The Labute approximate surface area is 98.0 Å². The highest BCUT2D eigenvalue weighted by atomic mass is 16.2. The lowest BCUT2D eigenvalue weighted by Crippen LogP contribution is -2.22. The highest BCUT2D eigenvalue weighted by molar-refractivity contribution is 5.71. The van der Waals surface area contributed by atoms with Crippen molar-refractivity contribution in [2.24, 2.45) is 0 Å². The second-order valence-electron chi connectivity index (χ2n) is 3.63. The summed E-state index contributed by atoms with van der Waals surface area (Å²) in [7, 11) is 0. The number of nitrogens with zero attached hydrogens (tertiary/aromatic N) is 2. The van der Waals surface area contributed by atoms with Crippen LogP contribution in [0.25, 0.3) is 16.9 Å². The molecule has 0 atom stereocenters. The van der Waals surface area contributed by atoms with E-state index in [4.69, 9.17) is 0 Å². The number of aromatic nitrogens is 5. The van der Waals surface area contributed by atoms with Gasteiger partial charge in [-0.2, -0.15) is 0 Å². The zero-order valence-electron chi connectivity index (χ0n) is 8.93. The summed E-state index contributed by atoms with van der Waals surface area (Å²) in [6.45, 7) is 0. The lowest BCUT2D eigenvalue weighted by atomic mass is 10.4. The fraction of sp³-hybridized carbons (Fsp3) is 0. The van der Waals surface area contributed by atoms with Crippen LogP contribution < -0.4 is 16.8 Å². The molecule has 0 unspecified atom stereocenters. The Bertz CT molecular complexity index is 878. The first kappa shape index (κ1) is 10.3. The van der Waals surface area contributed by atoms with Crippen molar-refractivity contribution in [1.29, 1.82) is 0 Å². The van der Waals surface area contributed by atoms with Crippen LogP contribution in [0.1, 0.15) is 0 Å². The molecular weight excluding hydrogens is 238 g/mol. The number of imidazole rings is 1. The normalized spacial score (nSPS) is 10.9. The van der Waals surface area contributed by atoms with Gasteiger partial charge in [0.15, 0.2) is 11.2 Å². The molecule has 0 bridgehead atoms. The van der Waals surface area contributed by atoms with E-state index >= 15 is 0 Å². The van der Waals surface area contributed by atoms with Crippen LogP contribution in [0, 0.1) is 0 Å². The number of aromatic amines is 3. The average Bonchev–Trinajstić information content (AvgIpc) is 2.74. The molecule has 8 nitrogen and oxygen atoms in total. The Hall–Kier alpha value is -2.90. The SMILES string of the molecule is O=c1ccc(-n2cnc3c(=O)[nH]c(=O)[nH]c32)c[nH]1. The number of fused-ring (bicyclic) bond motifs is 1. The standard InChI is InChI=1S/C10H7N5O3/c16-6-2-1-5(3-11-6)15-4-12-7-8(15)13-10(18)14-9(7)17/h1-4H,(H,11,16)(H2,13,14,17,18). The zero-order chi connectivity index (χ0) is 12.7. The maximum absolute atomic E-state index is 11.5. The fourth-order valence-corrected chi connectivity index (χ4v) is 1.68. The fourth-order valence-electron chi connectivity index (χ4n) is 1.68. The Morgan fingerprint density at radius 3 is 2.67 bits per heavy atom. The van der Waals surface area contributed by atoms with Crippen molar-refractivity contribution in [2.75, 3.05) is 0 Å². The number of rotatable bonds is 1. The van der Waals surface area contributed by atoms with Gasteiger partial charge in [-0.25, -0.2) is 9.78 Å². The van der Waals surface area contributed by atoms with Crippen LogP contribution in [0.3, 0.4) is 0 Å². The Kier molecular flexibility index (Phi) is 2.03. The van der Waals surface area contributed by atoms with E-state index in [0.717, 1.165) is 0 Å². The van der Waals surface area contributed by atoms with Gasteiger partial charge in [-0.15, -0.1) is 0 Å². The molecule has 90 valence electrons. The van der Waals surface area contributed by atoms with Crippen molar-refractivity contribution in [3.05, 3.63) is 55.8 Å². The van der Waals surface area contributed by atoms with E-state index in [9.17, 15) is 14.4 Å². The first-order valence-corrected chi connectivity index (χ1v) is 5.04. The predicted octanol–water partition coefficient (Wildman–Crippen LogP) is -0.910. The number of pyridine rings is 1. The molecule has 0 saturated carbocycles. The van der Waals surface area contributed by atoms with E-state index in [1.54, 1.807) is 6.07 Å². The number of nitrogens with one attached hydrogen (secondary N) is 3.